The second-order valence-corrected chi connectivity index (χ2v) is 5.32. The van der Waals surface area contributed by atoms with Crippen molar-refractivity contribution in [1.29, 1.82) is 0 Å². The van der Waals surface area contributed by atoms with Gasteiger partial charge in [0.25, 0.3) is 0 Å². The van der Waals surface area contributed by atoms with Crippen molar-refractivity contribution < 1.29 is 14.6 Å². The zero-order chi connectivity index (χ0) is 13.1. The predicted octanol–water partition coefficient (Wildman–Crippen LogP) is 3.64. The molecule has 1 unspecified atom stereocenters. The zero-order valence-corrected chi connectivity index (χ0v) is 11.9. The van der Waals surface area contributed by atoms with Crippen LogP contribution < -0.4 is 0 Å². The highest BCUT2D eigenvalue weighted by molar-refractivity contribution is 4.62. The van der Waals surface area contributed by atoms with Crippen LogP contribution in [0.3, 0.4) is 0 Å². The van der Waals surface area contributed by atoms with Crippen LogP contribution in [0.15, 0.2) is 0 Å². The molecule has 1 atom stereocenters. The minimum atomic E-state index is -0.256. The normalized spacial score (nSPS) is 18.3. The molecule has 0 aliphatic carbocycles. The Kier molecular flexibility index (Phi) is 9.54. The van der Waals surface area contributed by atoms with E-state index in [1.807, 2.05) is 0 Å². The fourth-order valence-corrected chi connectivity index (χ4v) is 2.40. The van der Waals surface area contributed by atoms with Gasteiger partial charge in [-0.2, -0.15) is 0 Å². The van der Waals surface area contributed by atoms with Gasteiger partial charge in [-0.1, -0.05) is 58.3 Å². The fourth-order valence-electron chi connectivity index (χ4n) is 2.40. The van der Waals surface area contributed by atoms with Gasteiger partial charge in [-0.25, -0.2) is 0 Å². The first-order chi connectivity index (χ1) is 8.83. The first-order valence-corrected chi connectivity index (χ1v) is 7.74. The molecule has 0 saturated carbocycles. The zero-order valence-electron chi connectivity index (χ0n) is 11.9. The van der Waals surface area contributed by atoms with Crippen molar-refractivity contribution in [2.24, 2.45) is 0 Å². The van der Waals surface area contributed by atoms with Crippen molar-refractivity contribution >= 4 is 0 Å². The number of hydrogen-bond acceptors (Lipinski definition) is 3. The molecule has 0 bridgehead atoms. The molecule has 1 N–H and O–H groups in total. The number of unbranched alkanes of at least 4 members (excludes halogenated alkanes) is 7. The van der Waals surface area contributed by atoms with Crippen LogP contribution >= 0.6 is 0 Å². The van der Waals surface area contributed by atoms with Crippen molar-refractivity contribution in [3.63, 3.8) is 0 Å². The van der Waals surface area contributed by atoms with Gasteiger partial charge in [0.05, 0.1) is 19.3 Å². The lowest BCUT2D eigenvalue weighted by molar-refractivity contribution is -0.0712. The lowest BCUT2D eigenvalue weighted by Gasteiger charge is -2.14. The van der Waals surface area contributed by atoms with Crippen LogP contribution in [-0.2, 0) is 9.47 Å². The molecule has 108 valence electrons. The average molecular weight is 258 g/mol. The molecule has 0 amide bonds. The van der Waals surface area contributed by atoms with Gasteiger partial charge in [-0.05, 0) is 6.42 Å². The van der Waals surface area contributed by atoms with Crippen LogP contribution in [0, 0.1) is 0 Å². The van der Waals surface area contributed by atoms with Crippen LogP contribution in [0.1, 0.15) is 71.1 Å². The molecule has 18 heavy (non-hydrogen) atoms. The Morgan fingerprint density at radius 3 is 2.11 bits per heavy atom. The summed E-state index contributed by atoms with van der Waals surface area (Å²) in [7, 11) is 0. The highest BCUT2D eigenvalue weighted by Gasteiger charge is 2.19. The lowest BCUT2D eigenvalue weighted by atomic mass is 10.0. The van der Waals surface area contributed by atoms with Gasteiger partial charge in [0, 0.05) is 6.42 Å². The van der Waals surface area contributed by atoms with Crippen molar-refractivity contribution in [2.75, 3.05) is 13.2 Å². The van der Waals surface area contributed by atoms with Crippen LogP contribution in [0.2, 0.25) is 0 Å². The smallest absolute Gasteiger partial charge is 0.160 e. The topological polar surface area (TPSA) is 38.7 Å². The summed E-state index contributed by atoms with van der Waals surface area (Å²) < 4.78 is 10.6. The molecule has 1 aliphatic rings. The van der Waals surface area contributed by atoms with E-state index in [1.54, 1.807) is 0 Å². The van der Waals surface area contributed by atoms with E-state index >= 15 is 0 Å². The molecule has 1 saturated heterocycles. The summed E-state index contributed by atoms with van der Waals surface area (Å²) in [6, 6.07) is 0. The molecule has 3 nitrogen and oxygen atoms in total. The SMILES string of the molecule is CCCCCCCCCCC(O)CC1OCCO1. The molecule has 0 radical (unpaired) electrons. The predicted molar refractivity (Wildman–Crippen MR) is 73.5 cm³/mol. The minimum Gasteiger partial charge on any atom is -0.393 e. The third-order valence-electron chi connectivity index (χ3n) is 3.55. The summed E-state index contributed by atoms with van der Waals surface area (Å²) in [6.45, 7) is 3.60. The van der Waals surface area contributed by atoms with Crippen LogP contribution in [0.4, 0.5) is 0 Å². The monoisotopic (exact) mass is 258 g/mol. The van der Waals surface area contributed by atoms with E-state index in [-0.39, 0.29) is 12.4 Å². The Morgan fingerprint density at radius 1 is 0.944 bits per heavy atom. The molecule has 3 heteroatoms. The van der Waals surface area contributed by atoms with Crippen molar-refractivity contribution in [3.8, 4) is 0 Å². The molecule has 0 aromatic rings. The summed E-state index contributed by atoms with van der Waals surface area (Å²) in [4.78, 5) is 0. The summed E-state index contributed by atoms with van der Waals surface area (Å²) in [6.07, 6.45) is 11.6. The second-order valence-electron chi connectivity index (χ2n) is 5.32. The van der Waals surface area contributed by atoms with E-state index in [4.69, 9.17) is 9.47 Å². The summed E-state index contributed by atoms with van der Waals surface area (Å²) >= 11 is 0. The lowest BCUT2D eigenvalue weighted by Crippen LogP contribution is -2.18. The van der Waals surface area contributed by atoms with Crippen LogP contribution in [-0.4, -0.2) is 30.7 Å². The standard InChI is InChI=1S/C15H30O3/c1-2-3-4-5-6-7-8-9-10-14(16)13-15-17-11-12-18-15/h14-16H,2-13H2,1H3. The average Bonchev–Trinajstić information content (AvgIpc) is 2.85. The minimum absolute atomic E-state index is 0.158. The van der Waals surface area contributed by atoms with Crippen LogP contribution in [0.5, 0.6) is 0 Å². The van der Waals surface area contributed by atoms with Crippen molar-refractivity contribution in [3.05, 3.63) is 0 Å². The summed E-state index contributed by atoms with van der Waals surface area (Å²) in [5.41, 5.74) is 0. The molecule has 0 aromatic heterocycles. The van der Waals surface area contributed by atoms with Gasteiger partial charge in [0.1, 0.15) is 0 Å². The van der Waals surface area contributed by atoms with Gasteiger partial charge >= 0.3 is 0 Å². The third kappa shape index (κ3) is 8.06. The van der Waals surface area contributed by atoms with Gasteiger partial charge in [-0.15, -0.1) is 0 Å². The number of rotatable bonds is 11. The van der Waals surface area contributed by atoms with E-state index in [0.29, 0.717) is 19.6 Å². The van der Waals surface area contributed by atoms with Crippen LogP contribution in [0.25, 0.3) is 0 Å². The maximum Gasteiger partial charge on any atom is 0.160 e. The highest BCUT2D eigenvalue weighted by atomic mass is 16.7. The Bertz CT molecular complexity index is 179. The Balaban J connectivity index is 1.81. The van der Waals surface area contributed by atoms with Crippen molar-refractivity contribution in [1.82, 2.24) is 0 Å². The molecule has 0 aromatic carbocycles. The Morgan fingerprint density at radius 2 is 1.50 bits per heavy atom. The van der Waals surface area contributed by atoms with Gasteiger partial charge in [0.2, 0.25) is 0 Å². The molecule has 1 rings (SSSR count). The van der Waals surface area contributed by atoms with E-state index in [1.165, 1.54) is 44.9 Å². The fraction of sp³-hybridized carbons (Fsp3) is 1.00. The highest BCUT2D eigenvalue weighted by Crippen LogP contribution is 2.15. The molecule has 1 heterocycles. The Labute approximate surface area is 112 Å². The number of aliphatic hydroxyl groups is 1. The van der Waals surface area contributed by atoms with E-state index < -0.39 is 0 Å². The summed E-state index contributed by atoms with van der Waals surface area (Å²) in [5.74, 6) is 0. The maximum absolute atomic E-state index is 9.82. The van der Waals surface area contributed by atoms with E-state index in [0.717, 1.165) is 12.8 Å². The first-order valence-electron chi connectivity index (χ1n) is 7.74. The molecule has 0 spiro atoms. The maximum atomic E-state index is 9.82. The first kappa shape index (κ1) is 15.9. The molecular weight excluding hydrogens is 228 g/mol. The van der Waals surface area contributed by atoms with Gasteiger partial charge in [0.15, 0.2) is 6.29 Å². The quantitative estimate of drug-likeness (QED) is 0.575. The second kappa shape index (κ2) is 10.8. The van der Waals surface area contributed by atoms with Gasteiger partial charge < -0.3 is 14.6 Å². The molecular formula is C15H30O3. The van der Waals surface area contributed by atoms with Gasteiger partial charge in [-0.3, -0.25) is 0 Å². The Hall–Kier alpha value is -0.120. The third-order valence-corrected chi connectivity index (χ3v) is 3.55. The number of hydrogen-bond donors (Lipinski definition) is 1. The number of ether oxygens (including phenoxy) is 2. The summed E-state index contributed by atoms with van der Waals surface area (Å²) in [5, 5.41) is 9.82. The number of aliphatic hydroxyl groups excluding tert-OH is 1. The van der Waals surface area contributed by atoms with E-state index in [9.17, 15) is 5.11 Å². The van der Waals surface area contributed by atoms with E-state index in [2.05, 4.69) is 6.92 Å². The van der Waals surface area contributed by atoms with Crippen molar-refractivity contribution in [2.45, 2.75) is 83.5 Å². The molecule has 1 fully saturated rings. The molecule has 1 aliphatic heterocycles. The largest absolute Gasteiger partial charge is 0.393 e.